The molecule has 1 aromatic carbocycles. The van der Waals surface area contributed by atoms with Gasteiger partial charge in [0.1, 0.15) is 11.6 Å². The molecule has 0 unspecified atom stereocenters. The standard InChI is InChI=1S/C15H22FNO4S/c1-2-7-17(9-10-22(20,21)12-15(18)19)8-6-13-4-3-5-14(16)11-13/h3-5,11H,2,6-10,12H2,1H3,(H,18,19). The Bertz CT molecular complexity index is 589. The first-order chi connectivity index (χ1) is 10.3. The van der Waals surface area contributed by atoms with E-state index in [1.807, 2.05) is 17.9 Å². The van der Waals surface area contributed by atoms with Gasteiger partial charge in [-0.3, -0.25) is 4.79 Å². The first kappa shape index (κ1) is 18.6. The Balaban J connectivity index is 2.53. The van der Waals surface area contributed by atoms with Crippen molar-refractivity contribution in [3.63, 3.8) is 0 Å². The highest BCUT2D eigenvalue weighted by molar-refractivity contribution is 7.92. The average molecular weight is 331 g/mol. The highest BCUT2D eigenvalue weighted by atomic mass is 32.2. The number of carboxylic acid groups (broad SMARTS) is 1. The average Bonchev–Trinajstić information content (AvgIpc) is 2.40. The molecule has 0 spiro atoms. The number of rotatable bonds is 10. The van der Waals surface area contributed by atoms with Crippen molar-refractivity contribution in [1.29, 1.82) is 0 Å². The second-order valence-electron chi connectivity index (χ2n) is 5.21. The zero-order chi connectivity index (χ0) is 16.6. The summed E-state index contributed by atoms with van der Waals surface area (Å²) in [5, 5.41) is 8.57. The van der Waals surface area contributed by atoms with E-state index >= 15 is 0 Å². The van der Waals surface area contributed by atoms with Crippen molar-refractivity contribution < 1.29 is 22.7 Å². The van der Waals surface area contributed by atoms with Gasteiger partial charge >= 0.3 is 5.97 Å². The fraction of sp³-hybridized carbons (Fsp3) is 0.533. The van der Waals surface area contributed by atoms with Crippen LogP contribution in [0.3, 0.4) is 0 Å². The molecule has 124 valence electrons. The van der Waals surface area contributed by atoms with Crippen molar-refractivity contribution in [2.24, 2.45) is 0 Å². The van der Waals surface area contributed by atoms with E-state index in [4.69, 9.17) is 5.11 Å². The maximum Gasteiger partial charge on any atom is 0.318 e. The summed E-state index contributed by atoms with van der Waals surface area (Å²) >= 11 is 0. The molecule has 0 heterocycles. The van der Waals surface area contributed by atoms with E-state index in [-0.39, 0.29) is 11.6 Å². The molecule has 7 heteroatoms. The number of halogens is 1. The molecule has 0 bridgehead atoms. The summed E-state index contributed by atoms with van der Waals surface area (Å²) < 4.78 is 36.3. The summed E-state index contributed by atoms with van der Waals surface area (Å²) in [5.41, 5.74) is 0.856. The highest BCUT2D eigenvalue weighted by Gasteiger charge is 2.17. The van der Waals surface area contributed by atoms with Crippen LogP contribution < -0.4 is 0 Å². The molecule has 1 rings (SSSR count). The van der Waals surface area contributed by atoms with Crippen LogP contribution in [-0.2, 0) is 21.1 Å². The number of nitrogens with zero attached hydrogens (tertiary/aromatic N) is 1. The molecule has 1 N–H and O–H groups in total. The maximum absolute atomic E-state index is 13.1. The number of hydrogen-bond acceptors (Lipinski definition) is 4. The molecular formula is C15H22FNO4S. The van der Waals surface area contributed by atoms with Crippen LogP contribution in [0.1, 0.15) is 18.9 Å². The van der Waals surface area contributed by atoms with Crippen molar-refractivity contribution in [3.8, 4) is 0 Å². The molecule has 0 aliphatic rings. The molecule has 0 aromatic heterocycles. The largest absolute Gasteiger partial charge is 0.480 e. The smallest absolute Gasteiger partial charge is 0.318 e. The second kappa shape index (κ2) is 8.85. The van der Waals surface area contributed by atoms with Gasteiger partial charge in [-0.2, -0.15) is 0 Å². The molecule has 0 aliphatic heterocycles. The van der Waals surface area contributed by atoms with Crippen LogP contribution in [0.25, 0.3) is 0 Å². The van der Waals surface area contributed by atoms with Crippen LogP contribution in [0.15, 0.2) is 24.3 Å². The van der Waals surface area contributed by atoms with Gasteiger partial charge in [0.2, 0.25) is 0 Å². The Hall–Kier alpha value is -1.47. The Kier molecular flexibility index (Phi) is 7.47. The summed E-state index contributed by atoms with van der Waals surface area (Å²) in [4.78, 5) is 12.5. The van der Waals surface area contributed by atoms with Gasteiger partial charge in [0.25, 0.3) is 0 Å². The van der Waals surface area contributed by atoms with Crippen molar-refractivity contribution in [2.45, 2.75) is 19.8 Å². The van der Waals surface area contributed by atoms with E-state index in [0.29, 0.717) is 19.5 Å². The number of aliphatic carboxylic acids is 1. The molecule has 0 radical (unpaired) electrons. The van der Waals surface area contributed by atoms with E-state index in [0.717, 1.165) is 18.5 Å². The van der Waals surface area contributed by atoms with Crippen molar-refractivity contribution >= 4 is 15.8 Å². The molecule has 5 nitrogen and oxygen atoms in total. The number of hydrogen-bond donors (Lipinski definition) is 1. The summed E-state index contributed by atoms with van der Waals surface area (Å²) in [5.74, 6) is -2.63. The zero-order valence-corrected chi connectivity index (χ0v) is 13.5. The number of carbonyl (C=O) groups is 1. The number of benzene rings is 1. The minimum atomic E-state index is -3.59. The van der Waals surface area contributed by atoms with Gasteiger partial charge in [-0.25, -0.2) is 12.8 Å². The van der Waals surface area contributed by atoms with Crippen molar-refractivity contribution in [1.82, 2.24) is 4.90 Å². The molecule has 0 fully saturated rings. The van der Waals surface area contributed by atoms with E-state index in [1.165, 1.54) is 12.1 Å². The Morgan fingerprint density at radius 1 is 1.27 bits per heavy atom. The maximum atomic E-state index is 13.1. The third kappa shape index (κ3) is 7.51. The third-order valence-electron chi connectivity index (χ3n) is 3.21. The van der Waals surface area contributed by atoms with Crippen LogP contribution in [0, 0.1) is 5.82 Å². The van der Waals surface area contributed by atoms with Crippen LogP contribution in [0.5, 0.6) is 0 Å². The summed E-state index contributed by atoms with van der Waals surface area (Å²) in [6, 6.07) is 6.32. The topological polar surface area (TPSA) is 74.7 Å². The molecule has 0 saturated carbocycles. The molecule has 0 atom stereocenters. The lowest BCUT2D eigenvalue weighted by atomic mass is 10.1. The van der Waals surface area contributed by atoms with Crippen LogP contribution >= 0.6 is 0 Å². The SMILES string of the molecule is CCCN(CCc1cccc(F)c1)CCS(=O)(=O)CC(=O)O. The molecule has 0 aliphatic carbocycles. The molecule has 1 aromatic rings. The second-order valence-corrected chi connectivity index (χ2v) is 7.39. The Labute approximate surface area is 130 Å². The summed E-state index contributed by atoms with van der Waals surface area (Å²) in [6.07, 6.45) is 1.48. The fourth-order valence-electron chi connectivity index (χ4n) is 2.16. The summed E-state index contributed by atoms with van der Waals surface area (Å²) in [6.45, 7) is 3.61. The summed E-state index contributed by atoms with van der Waals surface area (Å²) in [7, 11) is -3.59. The molecule has 22 heavy (non-hydrogen) atoms. The minimum Gasteiger partial charge on any atom is -0.480 e. The van der Waals surface area contributed by atoms with Crippen LogP contribution in [0.4, 0.5) is 4.39 Å². The lowest BCUT2D eigenvalue weighted by molar-refractivity contribution is -0.134. The van der Waals surface area contributed by atoms with E-state index in [2.05, 4.69) is 0 Å². The van der Waals surface area contributed by atoms with Gasteiger partial charge in [-0.15, -0.1) is 0 Å². The monoisotopic (exact) mass is 331 g/mol. The minimum absolute atomic E-state index is 0.178. The Morgan fingerprint density at radius 3 is 2.59 bits per heavy atom. The number of sulfone groups is 1. The quantitative estimate of drug-likeness (QED) is 0.704. The van der Waals surface area contributed by atoms with Gasteiger partial charge in [0.15, 0.2) is 9.84 Å². The first-order valence-electron chi connectivity index (χ1n) is 7.21. The predicted octanol–water partition coefficient (Wildman–Crippen LogP) is 1.58. The zero-order valence-electron chi connectivity index (χ0n) is 12.7. The van der Waals surface area contributed by atoms with Gasteiger partial charge in [-0.1, -0.05) is 19.1 Å². The lowest BCUT2D eigenvalue weighted by Gasteiger charge is -2.21. The van der Waals surface area contributed by atoms with Gasteiger partial charge in [-0.05, 0) is 37.1 Å². The fourth-order valence-corrected chi connectivity index (χ4v) is 3.22. The van der Waals surface area contributed by atoms with Crippen molar-refractivity contribution in [2.75, 3.05) is 31.1 Å². The highest BCUT2D eigenvalue weighted by Crippen LogP contribution is 2.06. The Morgan fingerprint density at radius 2 is 2.00 bits per heavy atom. The van der Waals surface area contributed by atoms with E-state index in [1.54, 1.807) is 6.07 Å². The van der Waals surface area contributed by atoms with Crippen LogP contribution in [-0.4, -0.2) is 55.5 Å². The first-order valence-corrected chi connectivity index (χ1v) is 9.03. The molecule has 0 saturated heterocycles. The van der Waals surface area contributed by atoms with Crippen molar-refractivity contribution in [3.05, 3.63) is 35.6 Å². The van der Waals surface area contributed by atoms with Gasteiger partial charge < -0.3 is 10.0 Å². The molecule has 0 amide bonds. The van der Waals surface area contributed by atoms with E-state index in [9.17, 15) is 17.6 Å². The van der Waals surface area contributed by atoms with Gasteiger partial charge in [0.05, 0.1) is 5.75 Å². The third-order valence-corrected chi connectivity index (χ3v) is 4.70. The van der Waals surface area contributed by atoms with Gasteiger partial charge in [0, 0.05) is 13.1 Å². The van der Waals surface area contributed by atoms with E-state index < -0.39 is 21.6 Å². The molecular weight excluding hydrogens is 309 g/mol. The van der Waals surface area contributed by atoms with Crippen LogP contribution in [0.2, 0.25) is 0 Å². The number of carboxylic acids is 1. The lowest BCUT2D eigenvalue weighted by Crippen LogP contribution is -2.33. The predicted molar refractivity (Wildman–Crippen MR) is 83.1 cm³/mol. The normalized spacial score (nSPS) is 11.8.